The van der Waals surface area contributed by atoms with Crippen LogP contribution >= 0.6 is 0 Å². The van der Waals surface area contributed by atoms with Gasteiger partial charge in [0.2, 0.25) is 0 Å². The van der Waals surface area contributed by atoms with E-state index in [2.05, 4.69) is 20.0 Å². The van der Waals surface area contributed by atoms with E-state index in [1.165, 1.54) is 18.9 Å². The van der Waals surface area contributed by atoms with Crippen LogP contribution in [0.3, 0.4) is 0 Å². The molecule has 96 valence electrons. The third-order valence-electron chi connectivity index (χ3n) is 2.91. The molecule has 0 unspecified atom stereocenters. The summed E-state index contributed by atoms with van der Waals surface area (Å²) in [7, 11) is -1.42. The monoisotopic (exact) mass is 244 g/mol. The molecule has 3 heteroatoms. The normalized spacial score (nSPS) is 12.8. The number of hydrogen-bond donors (Lipinski definition) is 0. The van der Waals surface area contributed by atoms with Gasteiger partial charge < -0.3 is 9.22 Å². The molecule has 0 spiro atoms. The topological polar surface area (TPSA) is 26.3 Å². The van der Waals surface area contributed by atoms with Crippen LogP contribution in [-0.4, -0.2) is 21.2 Å². The van der Waals surface area contributed by atoms with Crippen molar-refractivity contribution in [2.75, 3.05) is 6.61 Å². The molecule has 0 saturated heterocycles. The second-order valence-electron chi connectivity index (χ2n) is 5.92. The van der Waals surface area contributed by atoms with Gasteiger partial charge in [-0.25, -0.2) is 0 Å². The van der Waals surface area contributed by atoms with Crippen LogP contribution in [0.5, 0.6) is 0 Å². The Bertz CT molecular complexity index is 200. The van der Waals surface area contributed by atoms with Crippen LogP contribution in [-0.2, 0) is 9.22 Å². The zero-order chi connectivity index (χ0) is 12.7. The van der Waals surface area contributed by atoms with E-state index in [0.717, 1.165) is 25.7 Å². The minimum Gasteiger partial charge on any atom is -0.417 e. The van der Waals surface area contributed by atoms with Crippen LogP contribution in [0.15, 0.2) is 0 Å². The van der Waals surface area contributed by atoms with E-state index in [-0.39, 0.29) is 5.41 Å². The third-order valence-corrected chi connectivity index (χ3v) is 5.45. The molecular formula is C13H28O2Si. The first-order valence-corrected chi connectivity index (χ1v) is 9.55. The molecule has 0 atom stereocenters. The molecule has 0 saturated carbocycles. The average Bonchev–Trinajstić information content (AvgIpc) is 2.22. The van der Waals surface area contributed by atoms with E-state index in [1.54, 1.807) is 0 Å². The summed E-state index contributed by atoms with van der Waals surface area (Å²) in [5.41, 5.74) is -0.182. The van der Waals surface area contributed by atoms with E-state index in [9.17, 15) is 4.79 Å². The molecular weight excluding hydrogens is 216 g/mol. The summed E-state index contributed by atoms with van der Waals surface area (Å²) < 4.78 is 5.99. The van der Waals surface area contributed by atoms with Gasteiger partial charge in [-0.15, -0.1) is 0 Å². The minimum atomic E-state index is -1.42. The number of carbonyl (C=O) groups excluding carboxylic acids is 1. The van der Waals surface area contributed by atoms with E-state index in [1.807, 2.05) is 13.8 Å². The number of hydrogen-bond acceptors (Lipinski definition) is 2. The second-order valence-corrected chi connectivity index (χ2v) is 10.2. The fraction of sp³-hybridized carbons (Fsp3) is 0.923. The maximum Gasteiger partial charge on any atom is 0.186 e. The average molecular weight is 244 g/mol. The number of unbranched alkanes of at least 4 members (excludes halogenated alkanes) is 1. The fourth-order valence-electron chi connectivity index (χ4n) is 1.61. The molecule has 0 N–H and O–H groups in total. The Kier molecular flexibility index (Phi) is 7.16. The molecule has 0 bridgehead atoms. The molecule has 0 radical (unpaired) electrons. The molecule has 0 aromatic heterocycles. The molecule has 0 aliphatic heterocycles. The Hall–Kier alpha value is -0.153. The molecule has 0 amide bonds. The van der Waals surface area contributed by atoms with Crippen molar-refractivity contribution in [3.05, 3.63) is 0 Å². The van der Waals surface area contributed by atoms with E-state index in [0.29, 0.717) is 0 Å². The maximum atomic E-state index is 10.7. The lowest BCUT2D eigenvalue weighted by molar-refractivity contribution is -0.115. The molecule has 0 aromatic carbocycles. The van der Waals surface area contributed by atoms with Crippen molar-refractivity contribution in [3.63, 3.8) is 0 Å². The maximum absolute atomic E-state index is 10.7. The van der Waals surface area contributed by atoms with Crippen molar-refractivity contribution in [1.82, 2.24) is 0 Å². The van der Waals surface area contributed by atoms with Gasteiger partial charge in [-0.3, -0.25) is 0 Å². The van der Waals surface area contributed by atoms with Crippen LogP contribution in [0.25, 0.3) is 0 Å². The van der Waals surface area contributed by atoms with Gasteiger partial charge in [0.05, 0.1) is 0 Å². The predicted octanol–water partition coefficient (Wildman–Crippen LogP) is 4.01. The van der Waals surface area contributed by atoms with E-state index >= 15 is 0 Å². The quantitative estimate of drug-likeness (QED) is 0.348. The number of carbonyl (C=O) groups is 1. The Morgan fingerprint density at radius 3 is 2.38 bits per heavy atom. The molecule has 2 nitrogen and oxygen atoms in total. The molecule has 16 heavy (non-hydrogen) atoms. The molecule has 0 fully saturated rings. The molecule has 0 rings (SSSR count). The Balaban J connectivity index is 3.68. The highest BCUT2D eigenvalue weighted by Gasteiger charge is 2.22. The van der Waals surface area contributed by atoms with Crippen molar-refractivity contribution in [3.8, 4) is 0 Å². The van der Waals surface area contributed by atoms with Gasteiger partial charge in [0.1, 0.15) is 6.29 Å². The second kappa shape index (κ2) is 7.23. The lowest BCUT2D eigenvalue weighted by Gasteiger charge is -2.24. The largest absolute Gasteiger partial charge is 0.417 e. The third kappa shape index (κ3) is 8.05. The molecule has 0 heterocycles. The van der Waals surface area contributed by atoms with Crippen molar-refractivity contribution in [2.45, 2.75) is 65.6 Å². The summed E-state index contributed by atoms with van der Waals surface area (Å²) in [5.74, 6) is 0. The SMILES string of the molecule is CCCC[Si](C)(C)OCCCC(C)(C)C=O. The fourth-order valence-corrected chi connectivity index (χ4v) is 3.66. The van der Waals surface area contributed by atoms with Crippen molar-refractivity contribution in [2.24, 2.45) is 5.41 Å². The standard InChI is InChI=1S/C13H28O2Si/c1-6-7-11-16(4,5)15-10-8-9-13(2,3)12-14/h12H,6-11H2,1-5H3. The molecule has 0 aliphatic carbocycles. The summed E-state index contributed by atoms with van der Waals surface area (Å²) >= 11 is 0. The highest BCUT2D eigenvalue weighted by Crippen LogP contribution is 2.20. The van der Waals surface area contributed by atoms with Crippen LogP contribution < -0.4 is 0 Å². The van der Waals surface area contributed by atoms with Crippen LogP contribution in [0.2, 0.25) is 19.1 Å². The lowest BCUT2D eigenvalue weighted by Crippen LogP contribution is -2.30. The first-order valence-electron chi connectivity index (χ1n) is 6.43. The molecule has 0 aromatic rings. The van der Waals surface area contributed by atoms with Crippen LogP contribution in [0.1, 0.15) is 46.5 Å². The van der Waals surface area contributed by atoms with E-state index in [4.69, 9.17) is 4.43 Å². The van der Waals surface area contributed by atoms with Crippen molar-refractivity contribution < 1.29 is 9.22 Å². The van der Waals surface area contributed by atoms with Crippen LogP contribution in [0, 0.1) is 5.41 Å². The van der Waals surface area contributed by atoms with Gasteiger partial charge >= 0.3 is 0 Å². The lowest BCUT2D eigenvalue weighted by atomic mass is 9.90. The Morgan fingerprint density at radius 2 is 1.88 bits per heavy atom. The summed E-state index contributed by atoms with van der Waals surface area (Å²) in [6, 6.07) is 1.25. The van der Waals surface area contributed by atoms with E-state index < -0.39 is 8.32 Å². The smallest absolute Gasteiger partial charge is 0.186 e. The summed E-state index contributed by atoms with van der Waals surface area (Å²) in [6.07, 6.45) is 5.49. The van der Waals surface area contributed by atoms with Crippen molar-refractivity contribution in [1.29, 1.82) is 0 Å². The van der Waals surface area contributed by atoms with Gasteiger partial charge in [-0.2, -0.15) is 0 Å². The van der Waals surface area contributed by atoms with Gasteiger partial charge in [0, 0.05) is 12.0 Å². The van der Waals surface area contributed by atoms with Gasteiger partial charge in [0.25, 0.3) is 0 Å². The zero-order valence-electron chi connectivity index (χ0n) is 11.6. The highest BCUT2D eigenvalue weighted by molar-refractivity contribution is 6.71. The summed E-state index contributed by atoms with van der Waals surface area (Å²) in [5, 5.41) is 0. The van der Waals surface area contributed by atoms with Crippen molar-refractivity contribution >= 4 is 14.6 Å². The zero-order valence-corrected chi connectivity index (χ0v) is 12.6. The molecule has 0 aliphatic rings. The predicted molar refractivity (Wildman–Crippen MR) is 72.2 cm³/mol. The van der Waals surface area contributed by atoms with Gasteiger partial charge in [0.15, 0.2) is 8.32 Å². The first kappa shape index (κ1) is 15.8. The number of rotatable bonds is 9. The summed E-state index contributed by atoms with van der Waals surface area (Å²) in [6.45, 7) is 11.6. The first-order chi connectivity index (χ1) is 7.33. The Morgan fingerprint density at radius 1 is 1.25 bits per heavy atom. The van der Waals surface area contributed by atoms with Gasteiger partial charge in [-0.1, -0.05) is 33.6 Å². The Labute approximate surface area is 102 Å². The van der Waals surface area contributed by atoms with Crippen LogP contribution in [0.4, 0.5) is 0 Å². The number of aldehydes is 1. The highest BCUT2D eigenvalue weighted by atomic mass is 28.4. The minimum absolute atomic E-state index is 0.182. The summed E-state index contributed by atoms with van der Waals surface area (Å²) in [4.78, 5) is 10.7. The van der Waals surface area contributed by atoms with Gasteiger partial charge in [-0.05, 0) is 32.0 Å².